The van der Waals surface area contributed by atoms with Crippen LogP contribution in [0.3, 0.4) is 0 Å². The number of aliphatic hydroxyl groups excluding tert-OH is 1. The van der Waals surface area contributed by atoms with Crippen molar-refractivity contribution < 1.29 is 13.9 Å². The third kappa shape index (κ3) is 8.38. The molecule has 0 fully saturated rings. The van der Waals surface area contributed by atoms with Crippen molar-refractivity contribution in [2.75, 3.05) is 19.7 Å². The molecule has 86 valence electrons. The summed E-state index contributed by atoms with van der Waals surface area (Å²) in [4.78, 5) is 0. The second-order valence-electron chi connectivity index (χ2n) is 3.61. The highest BCUT2D eigenvalue weighted by Gasteiger charge is 2.26. The number of unbranched alkanes of at least 4 members (excludes halogenated alkanes) is 4. The monoisotopic (exact) mass is 209 g/mol. The molecular weight excluding hydrogens is 188 g/mol. The number of hydrogen-bond acceptors (Lipinski definition) is 2. The van der Waals surface area contributed by atoms with Gasteiger partial charge < -0.3 is 10.4 Å². The van der Waals surface area contributed by atoms with Crippen molar-refractivity contribution in [3.63, 3.8) is 0 Å². The van der Waals surface area contributed by atoms with Crippen molar-refractivity contribution in [1.82, 2.24) is 5.32 Å². The third-order valence-corrected chi connectivity index (χ3v) is 2.07. The van der Waals surface area contributed by atoms with Gasteiger partial charge in [0.1, 0.15) is 6.61 Å². The molecule has 0 saturated heterocycles. The first-order chi connectivity index (χ1) is 6.62. The maximum Gasteiger partial charge on any atom is 0.282 e. The van der Waals surface area contributed by atoms with Crippen LogP contribution in [0, 0.1) is 0 Å². The van der Waals surface area contributed by atoms with Gasteiger partial charge >= 0.3 is 0 Å². The van der Waals surface area contributed by atoms with Crippen LogP contribution in [0.5, 0.6) is 0 Å². The van der Waals surface area contributed by atoms with Crippen LogP contribution < -0.4 is 5.32 Å². The lowest BCUT2D eigenvalue weighted by molar-refractivity contribution is -0.0474. The largest absolute Gasteiger partial charge is 0.390 e. The number of halogens is 2. The van der Waals surface area contributed by atoms with Gasteiger partial charge in [-0.3, -0.25) is 0 Å². The Balaban J connectivity index is 3.13. The number of hydrogen-bond donors (Lipinski definition) is 2. The zero-order valence-corrected chi connectivity index (χ0v) is 8.86. The Kier molecular flexibility index (Phi) is 7.99. The minimum absolute atomic E-state index is 0.419. The Labute approximate surface area is 84.7 Å². The van der Waals surface area contributed by atoms with E-state index in [-0.39, 0.29) is 0 Å². The molecule has 0 heterocycles. The topological polar surface area (TPSA) is 32.3 Å². The zero-order chi connectivity index (χ0) is 10.9. The maximum atomic E-state index is 12.5. The Hall–Kier alpha value is -0.220. The smallest absolute Gasteiger partial charge is 0.282 e. The van der Waals surface area contributed by atoms with E-state index in [2.05, 4.69) is 12.2 Å². The molecule has 0 aromatic heterocycles. The van der Waals surface area contributed by atoms with E-state index in [9.17, 15) is 8.78 Å². The van der Waals surface area contributed by atoms with E-state index in [1.54, 1.807) is 0 Å². The quantitative estimate of drug-likeness (QED) is 0.570. The predicted octanol–water partition coefficient (Wildman–Crippen LogP) is 2.17. The Morgan fingerprint density at radius 2 is 1.79 bits per heavy atom. The lowest BCUT2D eigenvalue weighted by Crippen LogP contribution is -2.36. The van der Waals surface area contributed by atoms with Crippen LogP contribution in [-0.2, 0) is 0 Å². The highest BCUT2D eigenvalue weighted by atomic mass is 19.3. The normalized spacial score (nSPS) is 12.0. The van der Waals surface area contributed by atoms with Crippen LogP contribution in [0.15, 0.2) is 0 Å². The summed E-state index contributed by atoms with van der Waals surface area (Å²) in [6, 6.07) is 0. The number of aliphatic hydroxyl groups is 1. The molecule has 2 nitrogen and oxygen atoms in total. The Morgan fingerprint density at radius 1 is 1.14 bits per heavy atom. The van der Waals surface area contributed by atoms with Crippen LogP contribution in [0.4, 0.5) is 8.78 Å². The maximum absolute atomic E-state index is 12.5. The van der Waals surface area contributed by atoms with E-state index in [1.165, 1.54) is 19.3 Å². The minimum Gasteiger partial charge on any atom is -0.390 e. The van der Waals surface area contributed by atoms with Crippen LogP contribution in [0.2, 0.25) is 0 Å². The summed E-state index contributed by atoms with van der Waals surface area (Å²) in [5.74, 6) is -2.97. The predicted molar refractivity (Wildman–Crippen MR) is 53.7 cm³/mol. The van der Waals surface area contributed by atoms with Gasteiger partial charge in [0.2, 0.25) is 0 Å². The van der Waals surface area contributed by atoms with Gasteiger partial charge in [-0.1, -0.05) is 32.6 Å². The molecule has 0 bridgehead atoms. The molecule has 2 N–H and O–H groups in total. The van der Waals surface area contributed by atoms with E-state index < -0.39 is 19.1 Å². The number of rotatable bonds is 9. The standard InChI is InChI=1S/C10H21F2NO/c1-2-3-4-5-6-7-13-8-10(11,12)9-14/h13-14H,2-9H2,1H3. The van der Waals surface area contributed by atoms with E-state index in [1.807, 2.05) is 0 Å². The molecule has 0 rings (SSSR count). The minimum atomic E-state index is -2.97. The summed E-state index contributed by atoms with van der Waals surface area (Å²) in [7, 11) is 0. The lowest BCUT2D eigenvalue weighted by atomic mass is 10.1. The molecule has 4 heteroatoms. The SMILES string of the molecule is CCCCCCCNCC(F)(F)CO. The second-order valence-corrected chi connectivity index (χ2v) is 3.61. The number of nitrogens with one attached hydrogen (secondary N) is 1. The van der Waals surface area contributed by atoms with Crippen molar-refractivity contribution in [2.24, 2.45) is 0 Å². The highest BCUT2D eigenvalue weighted by Crippen LogP contribution is 2.09. The van der Waals surface area contributed by atoms with Gasteiger partial charge in [0.15, 0.2) is 0 Å². The molecule has 0 unspecified atom stereocenters. The molecule has 0 spiro atoms. The van der Waals surface area contributed by atoms with Crippen molar-refractivity contribution in [2.45, 2.75) is 45.0 Å². The average Bonchev–Trinajstić information content (AvgIpc) is 2.16. The van der Waals surface area contributed by atoms with Gasteiger partial charge in [0, 0.05) is 0 Å². The Morgan fingerprint density at radius 3 is 2.36 bits per heavy atom. The van der Waals surface area contributed by atoms with Gasteiger partial charge in [-0.15, -0.1) is 0 Å². The molecule has 0 aromatic carbocycles. The van der Waals surface area contributed by atoms with Crippen LogP contribution in [0.1, 0.15) is 39.0 Å². The highest BCUT2D eigenvalue weighted by molar-refractivity contribution is 4.67. The summed E-state index contributed by atoms with van der Waals surface area (Å²) in [6.07, 6.45) is 5.60. The van der Waals surface area contributed by atoms with E-state index in [0.717, 1.165) is 12.8 Å². The third-order valence-electron chi connectivity index (χ3n) is 2.07. The Bertz CT molecular complexity index is 131. The summed E-state index contributed by atoms with van der Waals surface area (Å²) < 4.78 is 24.9. The first-order valence-electron chi connectivity index (χ1n) is 5.32. The van der Waals surface area contributed by atoms with Crippen LogP contribution >= 0.6 is 0 Å². The van der Waals surface area contributed by atoms with E-state index in [4.69, 9.17) is 5.11 Å². The summed E-state index contributed by atoms with van der Waals surface area (Å²) in [5.41, 5.74) is 0. The molecule has 0 aliphatic heterocycles. The first kappa shape index (κ1) is 13.8. The van der Waals surface area contributed by atoms with Crippen molar-refractivity contribution in [1.29, 1.82) is 0 Å². The van der Waals surface area contributed by atoms with Crippen molar-refractivity contribution in [3.05, 3.63) is 0 Å². The van der Waals surface area contributed by atoms with E-state index >= 15 is 0 Å². The van der Waals surface area contributed by atoms with Crippen molar-refractivity contribution >= 4 is 0 Å². The number of alkyl halides is 2. The molecule has 0 aromatic rings. The average molecular weight is 209 g/mol. The summed E-state index contributed by atoms with van der Waals surface area (Å²) >= 11 is 0. The molecule has 0 amide bonds. The zero-order valence-electron chi connectivity index (χ0n) is 8.86. The fourth-order valence-electron chi connectivity index (χ4n) is 1.18. The van der Waals surface area contributed by atoms with Crippen LogP contribution in [-0.4, -0.2) is 30.7 Å². The molecule has 14 heavy (non-hydrogen) atoms. The fraction of sp³-hybridized carbons (Fsp3) is 1.00. The molecule has 0 aliphatic carbocycles. The molecule has 0 atom stereocenters. The first-order valence-corrected chi connectivity index (χ1v) is 5.32. The van der Waals surface area contributed by atoms with Gasteiger partial charge in [0.25, 0.3) is 5.92 Å². The second kappa shape index (κ2) is 8.12. The van der Waals surface area contributed by atoms with Crippen molar-refractivity contribution in [3.8, 4) is 0 Å². The summed E-state index contributed by atoms with van der Waals surface area (Å²) in [6.45, 7) is 1.26. The van der Waals surface area contributed by atoms with E-state index in [0.29, 0.717) is 6.54 Å². The molecule has 0 saturated carbocycles. The van der Waals surface area contributed by atoms with Gasteiger partial charge in [-0.25, -0.2) is 8.78 Å². The van der Waals surface area contributed by atoms with Crippen LogP contribution in [0.25, 0.3) is 0 Å². The molecule has 0 aliphatic rings. The van der Waals surface area contributed by atoms with Gasteiger partial charge in [-0.2, -0.15) is 0 Å². The summed E-state index contributed by atoms with van der Waals surface area (Å²) in [5, 5.41) is 10.9. The molecular formula is C10H21F2NO. The van der Waals surface area contributed by atoms with Gasteiger partial charge in [0.05, 0.1) is 6.54 Å². The molecule has 0 radical (unpaired) electrons. The fourth-order valence-corrected chi connectivity index (χ4v) is 1.18. The van der Waals surface area contributed by atoms with Gasteiger partial charge in [-0.05, 0) is 13.0 Å². The lowest BCUT2D eigenvalue weighted by Gasteiger charge is -2.13.